The first-order chi connectivity index (χ1) is 12.6. The molecule has 1 aliphatic carbocycles. The van der Waals surface area contributed by atoms with Crippen molar-refractivity contribution in [3.63, 3.8) is 0 Å². The van der Waals surface area contributed by atoms with Crippen molar-refractivity contribution in [2.24, 2.45) is 0 Å². The minimum atomic E-state index is -0.261. The molecule has 6 heteroatoms. The van der Waals surface area contributed by atoms with Crippen molar-refractivity contribution in [1.29, 1.82) is 0 Å². The van der Waals surface area contributed by atoms with Gasteiger partial charge in [0, 0.05) is 38.6 Å². The van der Waals surface area contributed by atoms with Gasteiger partial charge in [0.1, 0.15) is 5.82 Å². The van der Waals surface area contributed by atoms with Crippen molar-refractivity contribution in [2.45, 2.75) is 51.0 Å². The van der Waals surface area contributed by atoms with E-state index in [-0.39, 0.29) is 17.8 Å². The lowest BCUT2D eigenvalue weighted by Crippen LogP contribution is -2.54. The molecule has 3 amide bonds. The van der Waals surface area contributed by atoms with Gasteiger partial charge >= 0.3 is 6.03 Å². The van der Waals surface area contributed by atoms with Crippen LogP contribution in [0.3, 0.4) is 0 Å². The highest BCUT2D eigenvalue weighted by atomic mass is 19.1. The number of amides is 3. The molecule has 3 rings (SSSR count). The molecule has 0 unspecified atom stereocenters. The minimum Gasteiger partial charge on any atom is -0.339 e. The van der Waals surface area contributed by atoms with Crippen LogP contribution in [0, 0.1) is 5.82 Å². The van der Waals surface area contributed by atoms with Crippen LogP contribution in [0.15, 0.2) is 24.3 Å². The molecule has 0 spiro atoms. The lowest BCUT2D eigenvalue weighted by molar-refractivity contribution is -0.132. The maximum Gasteiger partial charge on any atom is 0.317 e. The first kappa shape index (κ1) is 18.7. The molecule has 1 aromatic carbocycles. The summed E-state index contributed by atoms with van der Waals surface area (Å²) in [4.78, 5) is 28.4. The molecule has 2 aliphatic rings. The van der Waals surface area contributed by atoms with Crippen molar-refractivity contribution in [3.8, 4) is 0 Å². The summed E-state index contributed by atoms with van der Waals surface area (Å²) in [6.45, 7) is 2.34. The Morgan fingerprint density at radius 2 is 1.58 bits per heavy atom. The summed E-state index contributed by atoms with van der Waals surface area (Å²) in [5.74, 6) is -0.163. The highest BCUT2D eigenvalue weighted by Gasteiger charge is 2.25. The van der Waals surface area contributed by atoms with Crippen LogP contribution in [0.4, 0.5) is 9.18 Å². The molecule has 1 heterocycles. The van der Waals surface area contributed by atoms with Crippen molar-refractivity contribution < 1.29 is 14.0 Å². The largest absolute Gasteiger partial charge is 0.339 e. The summed E-state index contributed by atoms with van der Waals surface area (Å²) >= 11 is 0. The molecule has 0 atom stereocenters. The predicted octanol–water partition coefficient (Wildman–Crippen LogP) is 2.94. The number of carbonyl (C=O) groups excluding carboxylic acids is 2. The van der Waals surface area contributed by atoms with E-state index in [1.807, 2.05) is 9.80 Å². The van der Waals surface area contributed by atoms with Gasteiger partial charge in [0.05, 0.1) is 0 Å². The Balaban J connectivity index is 1.39. The van der Waals surface area contributed by atoms with E-state index < -0.39 is 0 Å². The summed E-state index contributed by atoms with van der Waals surface area (Å²) in [5.41, 5.74) is 0.963. The fourth-order valence-electron chi connectivity index (χ4n) is 3.73. The first-order valence-electron chi connectivity index (χ1n) is 9.69. The molecule has 1 saturated heterocycles. The van der Waals surface area contributed by atoms with Gasteiger partial charge in [-0.3, -0.25) is 4.79 Å². The van der Waals surface area contributed by atoms with Crippen molar-refractivity contribution in [1.82, 2.24) is 15.1 Å². The quantitative estimate of drug-likeness (QED) is 0.896. The van der Waals surface area contributed by atoms with E-state index >= 15 is 0 Å². The van der Waals surface area contributed by atoms with Crippen LogP contribution < -0.4 is 5.32 Å². The number of nitrogens with zero attached hydrogens (tertiary/aromatic N) is 2. The summed E-state index contributed by atoms with van der Waals surface area (Å²) in [6.07, 6.45) is 6.84. The zero-order valence-corrected chi connectivity index (χ0v) is 15.3. The number of nitrogens with one attached hydrogen (secondary N) is 1. The van der Waals surface area contributed by atoms with Crippen LogP contribution in [-0.2, 0) is 11.2 Å². The van der Waals surface area contributed by atoms with Gasteiger partial charge in [0.2, 0.25) is 5.91 Å². The average molecular weight is 361 g/mol. The maximum absolute atomic E-state index is 12.9. The number of urea groups is 1. The maximum atomic E-state index is 12.9. The molecular formula is C20H28FN3O2. The van der Waals surface area contributed by atoms with E-state index in [0.29, 0.717) is 45.1 Å². The summed E-state index contributed by atoms with van der Waals surface area (Å²) < 4.78 is 12.9. The van der Waals surface area contributed by atoms with Crippen LogP contribution in [0.25, 0.3) is 0 Å². The summed E-state index contributed by atoms with van der Waals surface area (Å²) in [7, 11) is 0. The van der Waals surface area contributed by atoms with Crippen molar-refractivity contribution >= 4 is 11.9 Å². The molecule has 26 heavy (non-hydrogen) atoms. The van der Waals surface area contributed by atoms with Gasteiger partial charge in [0.25, 0.3) is 0 Å². The molecule has 5 nitrogen and oxygen atoms in total. The number of hydrogen-bond acceptors (Lipinski definition) is 2. The van der Waals surface area contributed by atoms with Gasteiger partial charge in [-0.1, -0.05) is 31.4 Å². The molecule has 1 aliphatic heterocycles. The van der Waals surface area contributed by atoms with Crippen LogP contribution >= 0.6 is 0 Å². The number of halogens is 1. The Kier molecular flexibility index (Phi) is 6.47. The second-order valence-corrected chi connectivity index (χ2v) is 7.28. The van der Waals surface area contributed by atoms with Crippen molar-refractivity contribution in [2.75, 3.05) is 26.2 Å². The topological polar surface area (TPSA) is 52.7 Å². The lowest BCUT2D eigenvalue weighted by atomic mass is 9.96. The van der Waals surface area contributed by atoms with E-state index in [1.54, 1.807) is 12.1 Å². The van der Waals surface area contributed by atoms with Gasteiger partial charge < -0.3 is 15.1 Å². The standard InChI is InChI=1S/C20H28FN3O2/c21-17-9-6-16(7-10-17)8-11-19(25)23-12-14-24(15-13-23)20(26)22-18-4-2-1-3-5-18/h6-7,9-10,18H,1-5,8,11-15H2,(H,22,26). The van der Waals surface area contributed by atoms with Crippen molar-refractivity contribution in [3.05, 3.63) is 35.6 Å². The number of carbonyl (C=O) groups is 2. The van der Waals surface area contributed by atoms with Gasteiger partial charge in [-0.15, -0.1) is 0 Å². The van der Waals surface area contributed by atoms with E-state index in [4.69, 9.17) is 0 Å². The molecule has 1 N–H and O–H groups in total. The first-order valence-corrected chi connectivity index (χ1v) is 9.69. The van der Waals surface area contributed by atoms with Gasteiger partial charge in [-0.2, -0.15) is 0 Å². The number of rotatable bonds is 4. The number of aryl methyl sites for hydroxylation is 1. The molecule has 0 radical (unpaired) electrons. The molecular weight excluding hydrogens is 333 g/mol. The molecule has 1 aromatic rings. The van der Waals surface area contributed by atoms with Gasteiger partial charge in [0.15, 0.2) is 0 Å². The molecule has 2 fully saturated rings. The van der Waals surface area contributed by atoms with Gasteiger partial charge in [-0.25, -0.2) is 9.18 Å². The number of benzene rings is 1. The highest BCUT2D eigenvalue weighted by Crippen LogP contribution is 2.18. The van der Waals surface area contributed by atoms with Gasteiger partial charge in [-0.05, 0) is 37.0 Å². The van der Waals surface area contributed by atoms with Crippen LogP contribution in [0.1, 0.15) is 44.1 Å². The molecule has 0 bridgehead atoms. The second-order valence-electron chi connectivity index (χ2n) is 7.28. The Morgan fingerprint density at radius 3 is 2.23 bits per heavy atom. The number of hydrogen-bond donors (Lipinski definition) is 1. The Hall–Kier alpha value is -2.11. The van der Waals surface area contributed by atoms with E-state index in [2.05, 4.69) is 5.32 Å². The second kappa shape index (κ2) is 9.01. The smallest absolute Gasteiger partial charge is 0.317 e. The van der Waals surface area contributed by atoms with E-state index in [9.17, 15) is 14.0 Å². The Bertz CT molecular complexity index is 606. The average Bonchev–Trinajstić information content (AvgIpc) is 2.68. The molecule has 1 saturated carbocycles. The predicted molar refractivity (Wildman–Crippen MR) is 98.3 cm³/mol. The fraction of sp³-hybridized carbons (Fsp3) is 0.600. The normalized spacial score (nSPS) is 18.7. The Labute approximate surface area is 154 Å². The molecule has 0 aromatic heterocycles. The van der Waals surface area contributed by atoms with Crippen LogP contribution in [-0.4, -0.2) is 54.0 Å². The van der Waals surface area contributed by atoms with E-state index in [1.165, 1.54) is 31.4 Å². The monoisotopic (exact) mass is 361 g/mol. The summed E-state index contributed by atoms with van der Waals surface area (Å²) in [5, 5.41) is 3.14. The SMILES string of the molecule is O=C(CCc1ccc(F)cc1)N1CCN(C(=O)NC2CCCCC2)CC1. The summed E-state index contributed by atoms with van der Waals surface area (Å²) in [6, 6.07) is 6.60. The van der Waals surface area contributed by atoms with Crippen LogP contribution in [0.5, 0.6) is 0 Å². The fourth-order valence-corrected chi connectivity index (χ4v) is 3.73. The zero-order chi connectivity index (χ0) is 18.4. The van der Waals surface area contributed by atoms with E-state index in [0.717, 1.165) is 18.4 Å². The third kappa shape index (κ3) is 5.19. The highest BCUT2D eigenvalue weighted by molar-refractivity contribution is 5.78. The number of piperazine rings is 1. The minimum absolute atomic E-state index is 0.00955. The lowest BCUT2D eigenvalue weighted by Gasteiger charge is -2.36. The molecule has 142 valence electrons. The van der Waals surface area contributed by atoms with Crippen LogP contribution in [0.2, 0.25) is 0 Å². The zero-order valence-electron chi connectivity index (χ0n) is 15.3. The third-order valence-corrected chi connectivity index (χ3v) is 5.39. The third-order valence-electron chi connectivity index (χ3n) is 5.39. The Morgan fingerprint density at radius 1 is 0.962 bits per heavy atom.